The number of phenols is 1. The van der Waals surface area contributed by atoms with Crippen molar-refractivity contribution in [3.63, 3.8) is 0 Å². The number of rotatable bonds is 3. The quantitative estimate of drug-likeness (QED) is 0.740. The number of hydrogen-bond acceptors (Lipinski definition) is 3. The third kappa shape index (κ3) is 3.27. The molecule has 4 N–H and O–H groups in total. The number of carbonyl (C=O) groups excluding carboxylic acids is 1. The second-order valence-corrected chi connectivity index (χ2v) is 4.25. The van der Waals surface area contributed by atoms with Gasteiger partial charge in [0.05, 0.1) is 0 Å². The Hall–Kier alpha value is -1.91. The molecule has 2 amide bonds. The number of ether oxygens (including phenoxy) is 1. The summed E-state index contributed by atoms with van der Waals surface area (Å²) in [6.45, 7) is 0. The minimum absolute atomic E-state index is 0.0939. The minimum atomic E-state index is -0.486. The van der Waals surface area contributed by atoms with Gasteiger partial charge < -0.3 is 20.9 Å². The Bertz CT molecular complexity index is 391. The molecule has 0 aliphatic heterocycles. The number of phenolic OH excluding ortho intramolecular Hbond substituents is 1. The van der Waals surface area contributed by atoms with E-state index in [9.17, 15) is 4.79 Å². The normalized spacial score (nSPS) is 23.3. The van der Waals surface area contributed by atoms with E-state index in [0.717, 1.165) is 25.0 Å². The number of carbonyl (C=O) groups is 1. The van der Waals surface area contributed by atoms with Crippen molar-refractivity contribution in [1.82, 2.24) is 5.32 Å². The van der Waals surface area contributed by atoms with Gasteiger partial charge in [-0.05, 0) is 37.1 Å². The summed E-state index contributed by atoms with van der Waals surface area (Å²) in [4.78, 5) is 10.7. The van der Waals surface area contributed by atoms with Gasteiger partial charge in [-0.2, -0.15) is 0 Å². The monoisotopic (exact) mass is 236 g/mol. The maximum Gasteiger partial charge on any atom is 0.312 e. The molecule has 0 bridgehead atoms. The molecule has 17 heavy (non-hydrogen) atoms. The summed E-state index contributed by atoms with van der Waals surface area (Å²) in [5, 5.41) is 11.8. The largest absolute Gasteiger partial charge is 0.508 e. The van der Waals surface area contributed by atoms with Gasteiger partial charge in [-0.1, -0.05) is 0 Å². The predicted octanol–water partition coefficient (Wildman–Crippen LogP) is 1.36. The Labute approximate surface area is 99.6 Å². The van der Waals surface area contributed by atoms with E-state index in [1.54, 1.807) is 24.3 Å². The standard InChI is InChI=1S/C12H16N2O3/c13-12(16)14-8-1-4-11(7-8)17-10-5-2-9(15)3-6-10/h2-3,5-6,8,11,15H,1,4,7H2,(H3,13,14,16). The van der Waals surface area contributed by atoms with E-state index in [1.807, 2.05) is 0 Å². The van der Waals surface area contributed by atoms with Crippen molar-refractivity contribution in [2.45, 2.75) is 31.4 Å². The Morgan fingerprint density at radius 3 is 2.71 bits per heavy atom. The predicted molar refractivity (Wildman–Crippen MR) is 62.9 cm³/mol. The zero-order chi connectivity index (χ0) is 12.3. The molecule has 0 radical (unpaired) electrons. The third-order valence-electron chi connectivity index (χ3n) is 2.87. The van der Waals surface area contributed by atoms with E-state index in [2.05, 4.69) is 5.32 Å². The molecule has 0 spiro atoms. The zero-order valence-corrected chi connectivity index (χ0v) is 9.43. The number of urea groups is 1. The smallest absolute Gasteiger partial charge is 0.312 e. The minimum Gasteiger partial charge on any atom is -0.508 e. The van der Waals surface area contributed by atoms with E-state index in [0.29, 0.717) is 0 Å². The van der Waals surface area contributed by atoms with E-state index in [-0.39, 0.29) is 17.9 Å². The van der Waals surface area contributed by atoms with Crippen molar-refractivity contribution in [3.05, 3.63) is 24.3 Å². The molecule has 1 aromatic rings. The Morgan fingerprint density at radius 1 is 1.35 bits per heavy atom. The van der Waals surface area contributed by atoms with Crippen LogP contribution in [-0.2, 0) is 0 Å². The summed E-state index contributed by atoms with van der Waals surface area (Å²) in [5.74, 6) is 0.949. The van der Waals surface area contributed by atoms with Crippen molar-refractivity contribution in [2.75, 3.05) is 0 Å². The average Bonchev–Trinajstić information content (AvgIpc) is 2.68. The molecule has 0 aromatic heterocycles. The number of nitrogens with two attached hydrogens (primary N) is 1. The van der Waals surface area contributed by atoms with Crippen LogP contribution in [0.2, 0.25) is 0 Å². The van der Waals surface area contributed by atoms with Crippen LogP contribution in [0.3, 0.4) is 0 Å². The van der Waals surface area contributed by atoms with Crippen molar-refractivity contribution in [2.24, 2.45) is 5.73 Å². The molecule has 2 unspecified atom stereocenters. The van der Waals surface area contributed by atoms with Crippen molar-refractivity contribution >= 4 is 6.03 Å². The Morgan fingerprint density at radius 2 is 2.06 bits per heavy atom. The first-order valence-electron chi connectivity index (χ1n) is 5.65. The molecule has 1 aliphatic rings. The first kappa shape index (κ1) is 11.6. The van der Waals surface area contributed by atoms with Crippen molar-refractivity contribution in [3.8, 4) is 11.5 Å². The lowest BCUT2D eigenvalue weighted by Gasteiger charge is -2.14. The van der Waals surface area contributed by atoms with E-state index >= 15 is 0 Å². The molecule has 1 fully saturated rings. The van der Waals surface area contributed by atoms with Crippen LogP contribution in [0.5, 0.6) is 11.5 Å². The molecule has 1 aromatic carbocycles. The molecule has 2 atom stereocenters. The Kier molecular flexibility index (Phi) is 3.37. The van der Waals surface area contributed by atoms with Crippen molar-refractivity contribution in [1.29, 1.82) is 0 Å². The fourth-order valence-electron chi connectivity index (χ4n) is 2.10. The van der Waals surface area contributed by atoms with Crippen LogP contribution < -0.4 is 15.8 Å². The molecule has 1 saturated carbocycles. The molecule has 5 nitrogen and oxygen atoms in total. The molecular weight excluding hydrogens is 220 g/mol. The van der Waals surface area contributed by atoms with Gasteiger partial charge in [-0.3, -0.25) is 0 Å². The zero-order valence-electron chi connectivity index (χ0n) is 9.43. The second kappa shape index (κ2) is 4.95. The lowest BCUT2D eigenvalue weighted by atomic mass is 10.2. The molecule has 1 aliphatic carbocycles. The number of benzene rings is 1. The fourth-order valence-corrected chi connectivity index (χ4v) is 2.10. The molecular formula is C12H16N2O3. The van der Waals surface area contributed by atoms with Gasteiger partial charge >= 0.3 is 6.03 Å². The van der Waals surface area contributed by atoms with Crippen LogP contribution in [0.15, 0.2) is 24.3 Å². The van der Waals surface area contributed by atoms with Crippen molar-refractivity contribution < 1.29 is 14.6 Å². The van der Waals surface area contributed by atoms with Crippen LogP contribution >= 0.6 is 0 Å². The highest BCUT2D eigenvalue weighted by Crippen LogP contribution is 2.25. The van der Waals surface area contributed by atoms with Gasteiger partial charge in [-0.15, -0.1) is 0 Å². The van der Waals surface area contributed by atoms with E-state index in [1.165, 1.54) is 0 Å². The maximum atomic E-state index is 10.7. The highest BCUT2D eigenvalue weighted by molar-refractivity contribution is 5.72. The lowest BCUT2D eigenvalue weighted by Crippen LogP contribution is -2.37. The number of aromatic hydroxyl groups is 1. The summed E-state index contributed by atoms with van der Waals surface area (Å²) >= 11 is 0. The maximum absolute atomic E-state index is 10.7. The summed E-state index contributed by atoms with van der Waals surface area (Å²) in [6.07, 6.45) is 2.64. The molecule has 0 heterocycles. The molecule has 0 saturated heterocycles. The van der Waals surface area contributed by atoms with Gasteiger partial charge in [0.25, 0.3) is 0 Å². The van der Waals surface area contributed by atoms with Gasteiger partial charge in [0, 0.05) is 12.5 Å². The van der Waals surface area contributed by atoms with Crippen LogP contribution in [0.4, 0.5) is 4.79 Å². The summed E-state index contributed by atoms with van der Waals surface area (Å²) in [6, 6.07) is 6.25. The second-order valence-electron chi connectivity index (χ2n) is 4.25. The highest BCUT2D eigenvalue weighted by Gasteiger charge is 2.26. The fraction of sp³-hybridized carbons (Fsp3) is 0.417. The summed E-state index contributed by atoms with van der Waals surface area (Å²) in [5.41, 5.74) is 5.07. The SMILES string of the molecule is NC(=O)NC1CCC(Oc2ccc(O)cc2)C1. The number of amides is 2. The Balaban J connectivity index is 1.85. The van der Waals surface area contributed by atoms with Gasteiger partial charge in [-0.25, -0.2) is 4.79 Å². The summed E-state index contributed by atoms with van der Waals surface area (Å²) < 4.78 is 5.74. The number of primary amides is 1. The first-order chi connectivity index (χ1) is 8.13. The molecule has 92 valence electrons. The third-order valence-corrected chi connectivity index (χ3v) is 2.87. The average molecular weight is 236 g/mol. The molecule has 5 heteroatoms. The topological polar surface area (TPSA) is 84.6 Å². The van der Waals surface area contributed by atoms with Crippen LogP contribution in [0.25, 0.3) is 0 Å². The van der Waals surface area contributed by atoms with Gasteiger partial charge in [0.15, 0.2) is 0 Å². The number of nitrogens with one attached hydrogen (secondary N) is 1. The van der Waals surface area contributed by atoms with E-state index in [4.69, 9.17) is 15.6 Å². The summed E-state index contributed by atoms with van der Waals surface area (Å²) in [7, 11) is 0. The van der Waals surface area contributed by atoms with E-state index < -0.39 is 6.03 Å². The van der Waals surface area contributed by atoms with Gasteiger partial charge in [0.1, 0.15) is 17.6 Å². The molecule has 2 rings (SSSR count). The first-order valence-corrected chi connectivity index (χ1v) is 5.65. The van der Waals surface area contributed by atoms with Crippen LogP contribution in [-0.4, -0.2) is 23.3 Å². The lowest BCUT2D eigenvalue weighted by molar-refractivity contribution is 0.205. The highest BCUT2D eigenvalue weighted by atomic mass is 16.5. The number of hydrogen-bond donors (Lipinski definition) is 3. The van der Waals surface area contributed by atoms with Gasteiger partial charge in [0.2, 0.25) is 0 Å². The van der Waals surface area contributed by atoms with Crippen LogP contribution in [0.1, 0.15) is 19.3 Å². The van der Waals surface area contributed by atoms with Crippen LogP contribution in [0, 0.1) is 0 Å².